The van der Waals surface area contributed by atoms with E-state index in [1.807, 2.05) is 23.1 Å². The van der Waals surface area contributed by atoms with E-state index in [9.17, 15) is 9.59 Å². The highest BCUT2D eigenvalue weighted by molar-refractivity contribution is 5.85. The summed E-state index contributed by atoms with van der Waals surface area (Å²) in [5, 5.41) is 0. The maximum absolute atomic E-state index is 12.7. The Morgan fingerprint density at radius 2 is 1.91 bits per heavy atom. The minimum atomic E-state index is -0.181. The minimum Gasteiger partial charge on any atom is -0.375 e. The Morgan fingerprint density at radius 1 is 1.26 bits per heavy atom. The third-order valence-corrected chi connectivity index (χ3v) is 4.67. The third-order valence-electron chi connectivity index (χ3n) is 4.67. The lowest BCUT2D eigenvalue weighted by Crippen LogP contribution is -2.46. The van der Waals surface area contributed by atoms with Gasteiger partial charge in [-0.3, -0.25) is 9.59 Å². The van der Waals surface area contributed by atoms with E-state index < -0.39 is 0 Å². The zero-order valence-corrected chi connectivity index (χ0v) is 14.4. The first-order valence-electron chi connectivity index (χ1n) is 8.04. The summed E-state index contributed by atoms with van der Waals surface area (Å²) in [5.74, 6) is 0.158. The van der Waals surface area contributed by atoms with Crippen LogP contribution in [0.2, 0.25) is 0 Å². The summed E-state index contributed by atoms with van der Waals surface area (Å²) in [6.07, 6.45) is 0.951. The van der Waals surface area contributed by atoms with Crippen LogP contribution in [-0.4, -0.2) is 61.0 Å². The molecule has 0 N–H and O–H groups in total. The highest BCUT2D eigenvalue weighted by Crippen LogP contribution is 2.37. The van der Waals surface area contributed by atoms with Crippen molar-refractivity contribution in [2.24, 2.45) is 0 Å². The topological polar surface area (TPSA) is 49.9 Å². The van der Waals surface area contributed by atoms with Crippen molar-refractivity contribution in [3.05, 3.63) is 35.9 Å². The van der Waals surface area contributed by atoms with Gasteiger partial charge in [-0.1, -0.05) is 30.3 Å². The molecule has 0 radical (unpaired) electrons. The van der Waals surface area contributed by atoms with Gasteiger partial charge in [0.25, 0.3) is 0 Å². The molecule has 0 spiro atoms. The molecule has 1 heterocycles. The number of rotatable bonds is 5. The first-order valence-corrected chi connectivity index (χ1v) is 8.04. The molecule has 1 aliphatic heterocycles. The Hall–Kier alpha value is -1.88. The number of likely N-dealkylation sites (N-methyl/N-ethyl adjacent to an activating group) is 1. The van der Waals surface area contributed by atoms with Gasteiger partial charge in [0.2, 0.25) is 11.8 Å². The normalized spacial score (nSPS) is 23.8. The second kappa shape index (κ2) is 7.59. The summed E-state index contributed by atoms with van der Waals surface area (Å²) < 4.78 is 4.83. The van der Waals surface area contributed by atoms with Gasteiger partial charge in [0.05, 0.1) is 6.54 Å². The van der Waals surface area contributed by atoms with E-state index in [1.165, 1.54) is 17.6 Å². The molecule has 1 fully saturated rings. The maximum atomic E-state index is 12.7. The zero-order valence-electron chi connectivity index (χ0n) is 14.4. The number of likely N-dealkylation sites (tertiary alicyclic amines) is 1. The number of methoxy groups -OCH3 is 1. The number of carbonyl (C=O) groups is 2. The minimum absolute atomic E-state index is 0.00152. The first kappa shape index (κ1) is 17.5. The molecular weight excluding hydrogens is 292 g/mol. The first-order chi connectivity index (χ1) is 11.0. The molecule has 23 heavy (non-hydrogen) atoms. The molecule has 0 bridgehead atoms. The summed E-state index contributed by atoms with van der Waals surface area (Å²) >= 11 is 0. The lowest BCUT2D eigenvalue weighted by Gasteiger charge is -2.30. The second-order valence-electron chi connectivity index (χ2n) is 6.33. The Kier molecular flexibility index (Phi) is 5.77. The van der Waals surface area contributed by atoms with Crippen LogP contribution >= 0.6 is 0 Å². The average Bonchev–Trinajstić information content (AvgIpc) is 2.83. The van der Waals surface area contributed by atoms with Gasteiger partial charge in [0, 0.05) is 32.2 Å². The molecule has 1 aliphatic rings. The van der Waals surface area contributed by atoms with Crippen LogP contribution in [0.4, 0.5) is 0 Å². The standard InChI is InChI=1S/C18H26N2O3/c1-13-10-16(15-8-6-5-7-9-15)14(2)20(13)17(21)11-19(3)18(22)12-23-4/h5-9,13-14,16H,10-12H2,1-4H3. The van der Waals surface area contributed by atoms with Gasteiger partial charge in [-0.05, 0) is 25.8 Å². The van der Waals surface area contributed by atoms with Crippen molar-refractivity contribution in [2.75, 3.05) is 27.3 Å². The molecular formula is C18H26N2O3. The lowest BCUT2D eigenvalue weighted by molar-refractivity contribution is -0.142. The molecule has 3 unspecified atom stereocenters. The number of hydrogen-bond donors (Lipinski definition) is 0. The summed E-state index contributed by atoms with van der Waals surface area (Å²) in [5.41, 5.74) is 1.27. The molecule has 5 heteroatoms. The number of benzene rings is 1. The van der Waals surface area contributed by atoms with E-state index in [0.29, 0.717) is 5.92 Å². The fourth-order valence-electron chi connectivity index (χ4n) is 3.47. The molecule has 0 aromatic heterocycles. The zero-order chi connectivity index (χ0) is 17.0. The van der Waals surface area contributed by atoms with E-state index in [4.69, 9.17) is 4.74 Å². The average molecular weight is 318 g/mol. The molecule has 2 rings (SSSR count). The van der Waals surface area contributed by atoms with Gasteiger partial charge in [-0.25, -0.2) is 0 Å². The molecule has 3 atom stereocenters. The van der Waals surface area contributed by atoms with Gasteiger partial charge in [-0.15, -0.1) is 0 Å². The van der Waals surface area contributed by atoms with Gasteiger partial charge in [0.15, 0.2) is 0 Å². The van der Waals surface area contributed by atoms with Crippen LogP contribution in [0.1, 0.15) is 31.7 Å². The summed E-state index contributed by atoms with van der Waals surface area (Å²) in [4.78, 5) is 27.8. The molecule has 126 valence electrons. The Labute approximate surface area is 138 Å². The summed E-state index contributed by atoms with van der Waals surface area (Å²) in [6, 6.07) is 10.6. The van der Waals surface area contributed by atoms with E-state index in [-0.39, 0.29) is 37.0 Å². The molecule has 1 saturated heterocycles. The van der Waals surface area contributed by atoms with E-state index in [1.54, 1.807) is 7.05 Å². The number of hydrogen-bond acceptors (Lipinski definition) is 3. The highest BCUT2D eigenvalue weighted by Gasteiger charge is 2.39. The van der Waals surface area contributed by atoms with Crippen molar-refractivity contribution < 1.29 is 14.3 Å². The molecule has 1 aromatic carbocycles. The van der Waals surface area contributed by atoms with Crippen LogP contribution in [0.25, 0.3) is 0 Å². The second-order valence-corrected chi connectivity index (χ2v) is 6.33. The number of carbonyl (C=O) groups excluding carboxylic acids is 2. The molecule has 0 aliphatic carbocycles. The van der Waals surface area contributed by atoms with Gasteiger partial charge in [0.1, 0.15) is 6.61 Å². The Morgan fingerprint density at radius 3 is 2.52 bits per heavy atom. The largest absolute Gasteiger partial charge is 0.375 e. The van der Waals surface area contributed by atoms with Gasteiger partial charge >= 0.3 is 0 Å². The molecule has 1 aromatic rings. The maximum Gasteiger partial charge on any atom is 0.248 e. The third kappa shape index (κ3) is 3.91. The SMILES string of the molecule is COCC(=O)N(C)CC(=O)N1C(C)CC(c2ccccc2)C1C. The summed E-state index contributed by atoms with van der Waals surface area (Å²) in [7, 11) is 3.11. The fourth-order valence-corrected chi connectivity index (χ4v) is 3.47. The highest BCUT2D eigenvalue weighted by atomic mass is 16.5. The van der Waals surface area contributed by atoms with E-state index >= 15 is 0 Å². The van der Waals surface area contributed by atoms with Gasteiger partial charge < -0.3 is 14.5 Å². The molecule has 2 amide bonds. The quantitative estimate of drug-likeness (QED) is 0.833. The number of ether oxygens (including phenoxy) is 1. The van der Waals surface area contributed by atoms with Crippen LogP contribution in [0.3, 0.4) is 0 Å². The van der Waals surface area contributed by atoms with Crippen LogP contribution in [0, 0.1) is 0 Å². The fraction of sp³-hybridized carbons (Fsp3) is 0.556. The van der Waals surface area contributed by atoms with Crippen LogP contribution in [0.5, 0.6) is 0 Å². The monoisotopic (exact) mass is 318 g/mol. The number of nitrogens with zero attached hydrogens (tertiary/aromatic N) is 2. The molecule has 5 nitrogen and oxygen atoms in total. The predicted octanol–water partition coefficient (Wildman–Crippen LogP) is 1.88. The van der Waals surface area contributed by atoms with Crippen LogP contribution in [-0.2, 0) is 14.3 Å². The Balaban J connectivity index is 2.05. The van der Waals surface area contributed by atoms with Crippen molar-refractivity contribution >= 4 is 11.8 Å². The van der Waals surface area contributed by atoms with Crippen molar-refractivity contribution in [1.29, 1.82) is 0 Å². The van der Waals surface area contributed by atoms with Crippen LogP contribution in [0.15, 0.2) is 30.3 Å². The predicted molar refractivity (Wildman–Crippen MR) is 89.1 cm³/mol. The van der Waals surface area contributed by atoms with Crippen molar-refractivity contribution in [2.45, 2.75) is 38.3 Å². The smallest absolute Gasteiger partial charge is 0.248 e. The van der Waals surface area contributed by atoms with E-state index in [0.717, 1.165) is 6.42 Å². The van der Waals surface area contributed by atoms with Crippen molar-refractivity contribution in [3.63, 3.8) is 0 Å². The number of amides is 2. The van der Waals surface area contributed by atoms with Crippen molar-refractivity contribution in [1.82, 2.24) is 9.80 Å². The summed E-state index contributed by atoms with van der Waals surface area (Å²) in [6.45, 7) is 4.27. The Bertz CT molecular complexity index is 546. The van der Waals surface area contributed by atoms with Crippen LogP contribution < -0.4 is 0 Å². The van der Waals surface area contributed by atoms with E-state index in [2.05, 4.69) is 26.0 Å². The molecule has 0 saturated carbocycles. The van der Waals surface area contributed by atoms with Crippen molar-refractivity contribution in [3.8, 4) is 0 Å². The lowest BCUT2D eigenvalue weighted by atomic mass is 9.92. The van der Waals surface area contributed by atoms with Gasteiger partial charge in [-0.2, -0.15) is 0 Å².